The van der Waals surface area contributed by atoms with Gasteiger partial charge in [0.1, 0.15) is 0 Å². The molecule has 0 aliphatic carbocycles. The van der Waals surface area contributed by atoms with Gasteiger partial charge in [0.15, 0.2) is 14.6 Å². The molecule has 0 radical (unpaired) electrons. The summed E-state index contributed by atoms with van der Waals surface area (Å²) >= 11 is 4.15. The van der Waals surface area contributed by atoms with Gasteiger partial charge in [0.25, 0.3) is 0 Å². The Balaban J connectivity index is 2.77. The lowest BCUT2D eigenvalue weighted by atomic mass is 10.0. The van der Waals surface area contributed by atoms with Gasteiger partial charge < -0.3 is 9.16 Å². The Morgan fingerprint density at radius 1 is 1.11 bits per heavy atom. The van der Waals surface area contributed by atoms with Crippen molar-refractivity contribution in [3.63, 3.8) is 0 Å². The lowest BCUT2D eigenvalue weighted by molar-refractivity contribution is -0.0900. The van der Waals surface area contributed by atoms with Crippen LogP contribution in [0.2, 0.25) is 43.8 Å². The number of unbranched alkanes of at least 4 members (excludes halogenated alkanes) is 2. The van der Waals surface area contributed by atoms with Crippen LogP contribution in [-0.2, 0) is 9.16 Å². The first-order valence-corrected chi connectivity index (χ1v) is 18.3. The van der Waals surface area contributed by atoms with Crippen LogP contribution in [0, 0.1) is 0 Å². The monoisotopic (exact) mass is 476 g/mol. The zero-order valence-corrected chi connectivity index (χ0v) is 23.0. The molecule has 0 N–H and O–H groups in total. The first-order valence-electron chi connectivity index (χ1n) is 10.9. The van der Waals surface area contributed by atoms with E-state index >= 15 is 0 Å². The third-order valence-electron chi connectivity index (χ3n) is 5.89. The van der Waals surface area contributed by atoms with Crippen LogP contribution in [0.5, 0.6) is 0 Å². The number of allylic oxidation sites excluding steroid dienone is 2. The topological polar surface area (TPSA) is 18.5 Å². The van der Waals surface area contributed by atoms with E-state index in [0.29, 0.717) is 6.10 Å². The molecule has 1 saturated heterocycles. The third-order valence-corrected chi connectivity index (χ3v) is 13.5. The summed E-state index contributed by atoms with van der Waals surface area (Å²) in [4.78, 5) is 0. The second-order valence-corrected chi connectivity index (χ2v) is 22.9. The molecule has 1 aliphatic heterocycles. The summed E-state index contributed by atoms with van der Waals surface area (Å²) < 4.78 is 13.3. The minimum atomic E-state index is -1.87. The van der Waals surface area contributed by atoms with Crippen LogP contribution in [0.25, 0.3) is 0 Å². The molecular formula is C22H45BrO2Si2. The van der Waals surface area contributed by atoms with Crippen molar-refractivity contribution in [3.8, 4) is 0 Å². The standard InChI is InChI=1S/C22H45BrO2Si2/c1-10-11-12-13-14-15-16-19-17-22(23,18-26(5,6)7)20(24-19)25-27(8,9)21(2,3)4/h11-12,19-20H,10,13-18H2,1-9H3/b12-11+/t19-,20-,22-/m0/s1. The SMILES string of the molecule is CC/C=C/CCCC[C@H]1C[C@](Br)(C[Si](C)(C)C)[C@H](O[Si](C)(C)C(C)(C)C)O1. The number of hydrogen-bond acceptors (Lipinski definition) is 2. The molecule has 0 aromatic rings. The van der Waals surface area contributed by atoms with E-state index in [9.17, 15) is 0 Å². The molecule has 0 amide bonds. The highest BCUT2D eigenvalue weighted by Crippen LogP contribution is 2.49. The largest absolute Gasteiger partial charge is 0.391 e. The summed E-state index contributed by atoms with van der Waals surface area (Å²) in [5.41, 5.74) is 0. The van der Waals surface area contributed by atoms with Crippen molar-refractivity contribution in [2.24, 2.45) is 0 Å². The maximum atomic E-state index is 6.80. The summed E-state index contributed by atoms with van der Waals surface area (Å²) in [5, 5.41) is 0.202. The molecule has 0 aromatic carbocycles. The smallest absolute Gasteiger partial charge is 0.195 e. The van der Waals surface area contributed by atoms with Gasteiger partial charge in [0, 0.05) is 8.07 Å². The highest BCUT2D eigenvalue weighted by Gasteiger charge is 2.52. The van der Waals surface area contributed by atoms with Gasteiger partial charge in [-0.05, 0) is 56.3 Å². The number of ether oxygens (including phenoxy) is 1. The molecule has 0 bridgehead atoms. The van der Waals surface area contributed by atoms with Gasteiger partial charge in [-0.3, -0.25) is 0 Å². The average molecular weight is 478 g/mol. The average Bonchev–Trinajstić information content (AvgIpc) is 2.74. The van der Waals surface area contributed by atoms with E-state index in [1.54, 1.807) is 0 Å². The molecule has 1 heterocycles. The van der Waals surface area contributed by atoms with Gasteiger partial charge in [-0.25, -0.2) is 0 Å². The highest BCUT2D eigenvalue weighted by atomic mass is 79.9. The third kappa shape index (κ3) is 8.45. The normalized spacial score (nSPS) is 27.6. The molecule has 0 spiro atoms. The summed E-state index contributed by atoms with van der Waals surface area (Å²) in [6.45, 7) is 21.2. The summed E-state index contributed by atoms with van der Waals surface area (Å²) in [7, 11) is -3.11. The van der Waals surface area contributed by atoms with Gasteiger partial charge in [0.2, 0.25) is 0 Å². The second kappa shape index (κ2) is 10.1. The van der Waals surface area contributed by atoms with Crippen LogP contribution in [0.15, 0.2) is 12.2 Å². The van der Waals surface area contributed by atoms with Crippen molar-refractivity contribution in [2.75, 3.05) is 0 Å². The van der Waals surface area contributed by atoms with E-state index < -0.39 is 16.4 Å². The molecule has 27 heavy (non-hydrogen) atoms. The highest BCUT2D eigenvalue weighted by molar-refractivity contribution is 9.10. The Labute approximate surface area is 180 Å². The van der Waals surface area contributed by atoms with Crippen LogP contribution < -0.4 is 0 Å². The second-order valence-electron chi connectivity index (χ2n) is 11.1. The number of alkyl halides is 1. The quantitative estimate of drug-likeness (QED) is 0.137. The van der Waals surface area contributed by atoms with Gasteiger partial charge in [-0.2, -0.15) is 0 Å². The summed E-state index contributed by atoms with van der Waals surface area (Å²) in [5.74, 6) is 0. The number of halogens is 1. The van der Waals surface area contributed by atoms with E-state index in [-0.39, 0.29) is 15.7 Å². The predicted molar refractivity (Wildman–Crippen MR) is 129 cm³/mol. The molecule has 1 rings (SSSR count). The zero-order chi connectivity index (χ0) is 20.9. The first kappa shape index (κ1) is 25.6. The Morgan fingerprint density at radius 2 is 1.74 bits per heavy atom. The van der Waals surface area contributed by atoms with Crippen LogP contribution in [0.3, 0.4) is 0 Å². The lowest BCUT2D eigenvalue weighted by Crippen LogP contribution is -2.50. The summed E-state index contributed by atoms with van der Waals surface area (Å²) in [6, 6.07) is 1.20. The maximum absolute atomic E-state index is 6.80. The first-order chi connectivity index (χ1) is 12.2. The Morgan fingerprint density at radius 3 is 2.26 bits per heavy atom. The minimum Gasteiger partial charge on any atom is -0.391 e. The van der Waals surface area contributed by atoms with E-state index in [1.165, 1.54) is 25.3 Å². The Hall–Kier alpha value is 0.574. The molecule has 3 atom stereocenters. The fourth-order valence-electron chi connectivity index (χ4n) is 3.52. The number of hydrogen-bond donors (Lipinski definition) is 0. The molecule has 160 valence electrons. The van der Waals surface area contributed by atoms with E-state index in [2.05, 4.69) is 88.5 Å². The van der Waals surface area contributed by atoms with Crippen LogP contribution in [-0.4, -0.2) is 33.1 Å². The molecule has 0 aromatic heterocycles. The van der Waals surface area contributed by atoms with Crippen LogP contribution >= 0.6 is 15.9 Å². The molecule has 1 fully saturated rings. The van der Waals surface area contributed by atoms with Crippen molar-refractivity contribution >= 4 is 32.3 Å². The fraction of sp³-hybridized carbons (Fsp3) is 0.909. The van der Waals surface area contributed by atoms with E-state index in [0.717, 1.165) is 19.3 Å². The molecule has 0 unspecified atom stereocenters. The molecule has 5 heteroatoms. The molecule has 0 saturated carbocycles. The Bertz CT molecular complexity index is 480. The van der Waals surface area contributed by atoms with Crippen molar-refractivity contribution in [1.82, 2.24) is 0 Å². The summed E-state index contributed by atoms with van der Waals surface area (Å²) in [6.07, 6.45) is 11.9. The van der Waals surface area contributed by atoms with Crippen LogP contribution in [0.4, 0.5) is 0 Å². The maximum Gasteiger partial charge on any atom is 0.195 e. The van der Waals surface area contributed by atoms with Gasteiger partial charge in [-0.1, -0.05) is 81.8 Å². The van der Waals surface area contributed by atoms with Gasteiger partial charge >= 0.3 is 0 Å². The zero-order valence-electron chi connectivity index (χ0n) is 19.5. The molecule has 2 nitrogen and oxygen atoms in total. The van der Waals surface area contributed by atoms with Crippen molar-refractivity contribution < 1.29 is 9.16 Å². The predicted octanol–water partition coefficient (Wildman–Crippen LogP) is 8.12. The molecule has 1 aliphatic rings. The van der Waals surface area contributed by atoms with E-state index in [1.807, 2.05) is 0 Å². The fourth-order valence-corrected chi connectivity index (χ4v) is 10.0. The Kier molecular flexibility index (Phi) is 9.54. The van der Waals surface area contributed by atoms with Crippen molar-refractivity contribution in [3.05, 3.63) is 12.2 Å². The van der Waals surface area contributed by atoms with E-state index in [4.69, 9.17) is 9.16 Å². The van der Waals surface area contributed by atoms with Gasteiger partial charge in [-0.15, -0.1) is 0 Å². The van der Waals surface area contributed by atoms with Gasteiger partial charge in [0.05, 0.1) is 10.4 Å². The van der Waals surface area contributed by atoms with Crippen LogP contribution in [0.1, 0.15) is 66.2 Å². The molecular weight excluding hydrogens is 432 g/mol. The number of rotatable bonds is 10. The van der Waals surface area contributed by atoms with Crippen molar-refractivity contribution in [2.45, 2.75) is 127 Å². The lowest BCUT2D eigenvalue weighted by Gasteiger charge is -2.42. The van der Waals surface area contributed by atoms with Crippen molar-refractivity contribution in [1.29, 1.82) is 0 Å². The minimum absolute atomic E-state index is 0.0141.